The zero-order valence-electron chi connectivity index (χ0n) is 14.5. The van der Waals surface area contributed by atoms with Crippen molar-refractivity contribution in [1.82, 2.24) is 5.32 Å². The van der Waals surface area contributed by atoms with Gasteiger partial charge in [-0.25, -0.2) is 0 Å². The molecular weight excluding hydrogens is 296 g/mol. The number of anilines is 1. The zero-order valence-corrected chi connectivity index (χ0v) is 14.5. The van der Waals surface area contributed by atoms with E-state index in [9.17, 15) is 4.79 Å². The lowest BCUT2D eigenvalue weighted by atomic mass is 9.99. The van der Waals surface area contributed by atoms with Gasteiger partial charge in [0.1, 0.15) is 0 Å². The van der Waals surface area contributed by atoms with Crippen molar-refractivity contribution in [1.29, 1.82) is 0 Å². The van der Waals surface area contributed by atoms with Crippen molar-refractivity contribution in [2.75, 3.05) is 5.32 Å². The van der Waals surface area contributed by atoms with Crippen LogP contribution < -0.4 is 10.6 Å². The second-order valence-corrected chi connectivity index (χ2v) is 6.91. The predicted octanol–water partition coefficient (Wildman–Crippen LogP) is 4.45. The minimum absolute atomic E-state index is 0.0552. The van der Waals surface area contributed by atoms with Gasteiger partial charge in [0.05, 0.1) is 0 Å². The molecule has 1 amide bonds. The fourth-order valence-electron chi connectivity index (χ4n) is 3.08. The van der Waals surface area contributed by atoms with E-state index < -0.39 is 0 Å². The molecule has 1 saturated carbocycles. The van der Waals surface area contributed by atoms with Gasteiger partial charge in [-0.3, -0.25) is 4.79 Å². The maximum atomic E-state index is 12.2. The summed E-state index contributed by atoms with van der Waals surface area (Å²) in [6, 6.07) is 18.9. The summed E-state index contributed by atoms with van der Waals surface area (Å²) in [6.45, 7) is 4.20. The quantitative estimate of drug-likeness (QED) is 0.790. The molecule has 3 heteroatoms. The molecule has 0 saturated heterocycles. The van der Waals surface area contributed by atoms with Crippen LogP contribution in [0.15, 0.2) is 54.6 Å². The molecule has 3 rings (SSSR count). The van der Waals surface area contributed by atoms with Gasteiger partial charge in [-0.15, -0.1) is 0 Å². The molecule has 1 fully saturated rings. The second kappa shape index (κ2) is 7.63. The van der Waals surface area contributed by atoms with E-state index >= 15 is 0 Å². The minimum atomic E-state index is 0.0552. The number of nitrogens with one attached hydrogen (secondary N) is 2. The Labute approximate surface area is 144 Å². The summed E-state index contributed by atoms with van der Waals surface area (Å²) in [7, 11) is 0. The van der Waals surface area contributed by atoms with Crippen LogP contribution in [-0.4, -0.2) is 11.9 Å². The smallest absolute Gasteiger partial charge is 0.225 e. The standard InChI is InChI=1S/C21H26N2O/c1-15-8-10-17(11-9-15)21(18-12-13-18)22-16(2)14-20(24)23-19-6-4-3-5-7-19/h3-11,16,18,21-22H,12-14H2,1-2H3,(H,23,24). The molecule has 0 bridgehead atoms. The SMILES string of the molecule is Cc1ccc(C(NC(C)CC(=O)Nc2ccccc2)C2CC2)cc1. The van der Waals surface area contributed by atoms with E-state index in [1.807, 2.05) is 30.3 Å². The van der Waals surface area contributed by atoms with Gasteiger partial charge < -0.3 is 10.6 Å². The molecule has 2 aromatic carbocycles. The Bertz CT molecular complexity index is 662. The maximum Gasteiger partial charge on any atom is 0.225 e. The third-order valence-electron chi connectivity index (χ3n) is 4.54. The molecule has 2 aromatic rings. The lowest BCUT2D eigenvalue weighted by Gasteiger charge is -2.24. The summed E-state index contributed by atoms with van der Waals surface area (Å²) in [6.07, 6.45) is 3.02. The minimum Gasteiger partial charge on any atom is -0.326 e. The molecule has 0 aromatic heterocycles. The van der Waals surface area contributed by atoms with Crippen LogP contribution in [0, 0.1) is 12.8 Å². The van der Waals surface area contributed by atoms with Crippen molar-refractivity contribution in [3.05, 3.63) is 65.7 Å². The van der Waals surface area contributed by atoms with Gasteiger partial charge in [-0.05, 0) is 50.3 Å². The van der Waals surface area contributed by atoms with Crippen LogP contribution in [0.5, 0.6) is 0 Å². The highest BCUT2D eigenvalue weighted by molar-refractivity contribution is 5.91. The normalized spacial score (nSPS) is 16.4. The molecular formula is C21H26N2O. The first-order valence-corrected chi connectivity index (χ1v) is 8.79. The number of hydrogen-bond donors (Lipinski definition) is 2. The molecule has 2 N–H and O–H groups in total. The molecule has 2 atom stereocenters. The fraction of sp³-hybridized carbons (Fsp3) is 0.381. The van der Waals surface area contributed by atoms with Crippen LogP contribution in [0.4, 0.5) is 5.69 Å². The third-order valence-corrected chi connectivity index (χ3v) is 4.54. The summed E-state index contributed by atoms with van der Waals surface area (Å²) in [4.78, 5) is 12.2. The van der Waals surface area contributed by atoms with Crippen molar-refractivity contribution in [3.63, 3.8) is 0 Å². The van der Waals surface area contributed by atoms with E-state index in [1.165, 1.54) is 24.0 Å². The predicted molar refractivity (Wildman–Crippen MR) is 98.9 cm³/mol. The highest BCUT2D eigenvalue weighted by Gasteiger charge is 2.33. The Morgan fingerprint density at radius 1 is 1.08 bits per heavy atom. The first kappa shape index (κ1) is 16.7. The number of rotatable bonds is 7. The fourth-order valence-corrected chi connectivity index (χ4v) is 3.08. The monoisotopic (exact) mass is 322 g/mol. The van der Waals surface area contributed by atoms with E-state index in [2.05, 4.69) is 48.7 Å². The van der Waals surface area contributed by atoms with Crippen molar-refractivity contribution in [2.45, 2.75) is 45.2 Å². The van der Waals surface area contributed by atoms with Gasteiger partial charge >= 0.3 is 0 Å². The Morgan fingerprint density at radius 3 is 2.38 bits per heavy atom. The van der Waals surface area contributed by atoms with Crippen LogP contribution in [0.25, 0.3) is 0 Å². The van der Waals surface area contributed by atoms with Gasteiger partial charge in [-0.1, -0.05) is 48.0 Å². The first-order valence-electron chi connectivity index (χ1n) is 8.79. The van der Waals surface area contributed by atoms with E-state index in [4.69, 9.17) is 0 Å². The lowest BCUT2D eigenvalue weighted by Crippen LogP contribution is -2.34. The Kier molecular flexibility index (Phi) is 5.31. The van der Waals surface area contributed by atoms with Gasteiger partial charge in [-0.2, -0.15) is 0 Å². The van der Waals surface area contributed by atoms with Gasteiger partial charge in [0.25, 0.3) is 0 Å². The Balaban J connectivity index is 1.56. The highest BCUT2D eigenvalue weighted by Crippen LogP contribution is 2.41. The van der Waals surface area contributed by atoms with Crippen LogP contribution in [-0.2, 0) is 4.79 Å². The van der Waals surface area contributed by atoms with Crippen LogP contribution in [0.2, 0.25) is 0 Å². The van der Waals surface area contributed by atoms with Crippen molar-refractivity contribution in [2.24, 2.45) is 5.92 Å². The largest absolute Gasteiger partial charge is 0.326 e. The average molecular weight is 322 g/mol. The molecule has 2 unspecified atom stereocenters. The summed E-state index contributed by atoms with van der Waals surface area (Å²) < 4.78 is 0. The molecule has 3 nitrogen and oxygen atoms in total. The lowest BCUT2D eigenvalue weighted by molar-refractivity contribution is -0.116. The molecule has 0 aliphatic heterocycles. The summed E-state index contributed by atoms with van der Waals surface area (Å²) in [5.74, 6) is 0.756. The highest BCUT2D eigenvalue weighted by atomic mass is 16.1. The average Bonchev–Trinajstić information content (AvgIpc) is 3.39. The van der Waals surface area contributed by atoms with E-state index in [-0.39, 0.29) is 11.9 Å². The Morgan fingerprint density at radius 2 is 1.75 bits per heavy atom. The number of carbonyl (C=O) groups excluding carboxylic acids is 1. The van der Waals surface area contributed by atoms with Crippen LogP contribution >= 0.6 is 0 Å². The zero-order chi connectivity index (χ0) is 16.9. The topological polar surface area (TPSA) is 41.1 Å². The maximum absolute atomic E-state index is 12.2. The number of aryl methyl sites for hydroxylation is 1. The summed E-state index contributed by atoms with van der Waals surface area (Å²) in [5, 5.41) is 6.63. The molecule has 126 valence electrons. The number of para-hydroxylation sites is 1. The molecule has 0 heterocycles. The molecule has 1 aliphatic rings. The molecule has 0 radical (unpaired) electrons. The third kappa shape index (κ3) is 4.68. The molecule has 1 aliphatic carbocycles. The number of benzene rings is 2. The summed E-state index contributed by atoms with van der Waals surface area (Å²) in [5.41, 5.74) is 3.47. The van der Waals surface area contributed by atoms with Gasteiger partial charge in [0.2, 0.25) is 5.91 Å². The number of carbonyl (C=O) groups is 1. The van der Waals surface area contributed by atoms with Gasteiger partial charge in [0, 0.05) is 24.2 Å². The van der Waals surface area contributed by atoms with E-state index in [0.29, 0.717) is 18.4 Å². The van der Waals surface area contributed by atoms with Crippen molar-refractivity contribution >= 4 is 11.6 Å². The first-order chi connectivity index (χ1) is 11.6. The molecule has 0 spiro atoms. The Hall–Kier alpha value is -2.13. The van der Waals surface area contributed by atoms with Crippen LogP contribution in [0.1, 0.15) is 43.4 Å². The number of hydrogen-bond acceptors (Lipinski definition) is 2. The van der Waals surface area contributed by atoms with Crippen molar-refractivity contribution < 1.29 is 4.79 Å². The molecule has 24 heavy (non-hydrogen) atoms. The van der Waals surface area contributed by atoms with E-state index in [1.54, 1.807) is 0 Å². The summed E-state index contributed by atoms with van der Waals surface area (Å²) >= 11 is 0. The van der Waals surface area contributed by atoms with E-state index in [0.717, 1.165) is 5.69 Å². The second-order valence-electron chi connectivity index (χ2n) is 6.91. The van der Waals surface area contributed by atoms with Crippen molar-refractivity contribution in [3.8, 4) is 0 Å². The van der Waals surface area contributed by atoms with Gasteiger partial charge in [0.15, 0.2) is 0 Å². The van der Waals surface area contributed by atoms with Crippen LogP contribution in [0.3, 0.4) is 0 Å². The number of amides is 1.